The van der Waals surface area contributed by atoms with Gasteiger partial charge in [-0.3, -0.25) is 0 Å². The minimum atomic E-state index is 0.198. The Morgan fingerprint density at radius 3 is 3.10 bits per heavy atom. The van der Waals surface area contributed by atoms with Gasteiger partial charge in [0.25, 0.3) is 0 Å². The van der Waals surface area contributed by atoms with Crippen molar-refractivity contribution in [1.29, 1.82) is 0 Å². The van der Waals surface area contributed by atoms with Crippen LogP contribution >= 0.6 is 0 Å². The van der Waals surface area contributed by atoms with Crippen molar-refractivity contribution in [2.75, 3.05) is 0 Å². The molecule has 0 aliphatic rings. The molecule has 0 spiro atoms. The predicted molar refractivity (Wildman–Crippen MR) is 41.9 cm³/mol. The Hall–Kier alpha value is -0.141. The Morgan fingerprint density at radius 1 is 1.40 bits per heavy atom. The van der Waals surface area contributed by atoms with Crippen LogP contribution in [-0.2, 0) is 0 Å². The van der Waals surface area contributed by atoms with Crippen LogP contribution in [0.2, 0.25) is 0 Å². The predicted octanol–water partition coefficient (Wildman–Crippen LogP) is -0.291. The zero-order chi connectivity index (χ0) is 6.97. The van der Waals surface area contributed by atoms with Crippen LogP contribution < -0.4 is 4.30 Å². The van der Waals surface area contributed by atoms with E-state index >= 15 is 0 Å². The summed E-state index contributed by atoms with van der Waals surface area (Å²) in [4.78, 5) is 15.2. The van der Waals surface area contributed by atoms with Crippen molar-refractivity contribution in [3.8, 4) is 0 Å². The second kappa shape index (κ2) is 2.48. The van der Waals surface area contributed by atoms with Crippen LogP contribution in [0.1, 0.15) is 0 Å². The van der Waals surface area contributed by atoms with E-state index < -0.39 is 0 Å². The molecule has 0 aliphatic heterocycles. The van der Waals surface area contributed by atoms with Gasteiger partial charge < -0.3 is 0 Å². The van der Waals surface area contributed by atoms with Crippen LogP contribution in [0.5, 0.6) is 0 Å². The molecule has 0 radical (unpaired) electrons. The van der Waals surface area contributed by atoms with Crippen molar-refractivity contribution in [1.82, 2.24) is 4.98 Å². The van der Waals surface area contributed by atoms with Crippen LogP contribution in [0.15, 0.2) is 23.1 Å². The number of hydrogen-bond acceptors (Lipinski definition) is 2. The molecule has 0 aromatic carbocycles. The summed E-state index contributed by atoms with van der Waals surface area (Å²) in [6, 6.07) is 3.70. The molecule has 0 atom stereocenters. The van der Waals surface area contributed by atoms with Gasteiger partial charge in [0.05, 0.1) is 0 Å². The van der Waals surface area contributed by atoms with Gasteiger partial charge in [0.2, 0.25) is 0 Å². The van der Waals surface area contributed by atoms with Gasteiger partial charge in [0.15, 0.2) is 0 Å². The normalized spacial score (nSPS) is 10.4. The van der Waals surface area contributed by atoms with E-state index in [4.69, 9.17) is 0 Å². The Balaban J connectivity index is 3.07. The number of rotatable bonds is 0. The molecule has 0 bridgehead atoms. The van der Waals surface area contributed by atoms with E-state index in [2.05, 4.69) is 4.98 Å². The number of aromatic nitrogens is 1. The first-order valence-corrected chi connectivity index (χ1v) is 8.76. The molecule has 0 N–H and O–H groups in total. The SMILES string of the molecule is O=c1[se][se]c2ncccc12. The van der Waals surface area contributed by atoms with Gasteiger partial charge >= 0.3 is 67.5 Å². The molecule has 0 fully saturated rings. The summed E-state index contributed by atoms with van der Waals surface area (Å²) in [6.45, 7) is 0. The van der Waals surface area contributed by atoms with Crippen molar-refractivity contribution in [2.24, 2.45) is 0 Å². The maximum absolute atomic E-state index is 11.1. The average Bonchev–Trinajstić information content (AvgIpc) is 2.34. The molecule has 0 aliphatic carbocycles. The molecule has 10 heavy (non-hydrogen) atoms. The molecule has 2 rings (SSSR count). The molecule has 4 heteroatoms. The second-order valence-electron chi connectivity index (χ2n) is 1.81. The molecule has 2 heterocycles. The van der Waals surface area contributed by atoms with E-state index in [0.29, 0.717) is 16.9 Å². The molecule has 50 valence electrons. The standard InChI is InChI=1S/C6H3NOSe2/c8-6-4-2-1-3-7-5(4)9-10-6/h1-3H. The molecule has 2 aromatic heterocycles. The fraction of sp³-hybridized carbons (Fsp3) is 0. The molecule has 2 aromatic rings. The molecular formula is C6H3NOSe2. The monoisotopic (exact) mass is 265 g/mol. The van der Waals surface area contributed by atoms with Crippen LogP contribution in [0.4, 0.5) is 0 Å². The number of nitrogens with zero attached hydrogens (tertiary/aromatic N) is 1. The van der Waals surface area contributed by atoms with E-state index in [-0.39, 0.29) is 12.6 Å². The van der Waals surface area contributed by atoms with Gasteiger partial charge in [-0.1, -0.05) is 0 Å². The van der Waals surface area contributed by atoms with Gasteiger partial charge in [-0.25, -0.2) is 0 Å². The number of pyridine rings is 1. The second-order valence-corrected chi connectivity index (χ2v) is 7.73. The Kier molecular flexibility index (Phi) is 1.63. The number of fused-ring (bicyclic) bond motifs is 1. The van der Waals surface area contributed by atoms with E-state index in [1.54, 1.807) is 6.20 Å². The first kappa shape index (κ1) is 6.56. The minimum absolute atomic E-state index is 0.198. The summed E-state index contributed by atoms with van der Waals surface area (Å²) in [5.74, 6) is 0. The third-order valence-electron chi connectivity index (χ3n) is 1.19. The van der Waals surface area contributed by atoms with E-state index in [1.807, 2.05) is 12.1 Å². The summed E-state index contributed by atoms with van der Waals surface area (Å²) < 4.78 is 1.38. The van der Waals surface area contributed by atoms with Crippen molar-refractivity contribution >= 4 is 35.0 Å². The zero-order valence-corrected chi connectivity index (χ0v) is 8.33. The van der Waals surface area contributed by atoms with Crippen LogP contribution in [0.25, 0.3) is 9.78 Å². The molecule has 2 nitrogen and oxygen atoms in total. The van der Waals surface area contributed by atoms with Crippen LogP contribution in [0.3, 0.4) is 0 Å². The third-order valence-corrected chi connectivity index (χ3v) is 7.43. The summed E-state index contributed by atoms with van der Waals surface area (Å²) in [6.07, 6.45) is 1.76. The van der Waals surface area contributed by atoms with Gasteiger partial charge in [-0.05, 0) is 0 Å². The molecule has 0 unspecified atom stereocenters. The first-order chi connectivity index (χ1) is 4.88. The first-order valence-electron chi connectivity index (χ1n) is 2.72. The van der Waals surface area contributed by atoms with E-state index in [0.717, 1.165) is 9.78 Å². The van der Waals surface area contributed by atoms with Gasteiger partial charge in [0, 0.05) is 0 Å². The van der Waals surface area contributed by atoms with Crippen molar-refractivity contribution in [3.05, 3.63) is 27.4 Å². The third kappa shape index (κ3) is 0.937. The molecule has 0 saturated carbocycles. The van der Waals surface area contributed by atoms with E-state index in [9.17, 15) is 4.79 Å². The summed E-state index contributed by atoms with van der Waals surface area (Å²) in [7, 11) is 0. The summed E-state index contributed by atoms with van der Waals surface area (Å²) >= 11 is 0.574. The van der Waals surface area contributed by atoms with Crippen LogP contribution in [0, 0.1) is 0 Å². The quantitative estimate of drug-likeness (QED) is 0.611. The van der Waals surface area contributed by atoms with Crippen molar-refractivity contribution in [2.45, 2.75) is 0 Å². The topological polar surface area (TPSA) is 30.0 Å². The summed E-state index contributed by atoms with van der Waals surface area (Å²) in [5, 5.41) is 0.877. The van der Waals surface area contributed by atoms with Crippen molar-refractivity contribution in [3.63, 3.8) is 0 Å². The molecule has 0 saturated heterocycles. The summed E-state index contributed by atoms with van der Waals surface area (Å²) in [5.41, 5.74) is 0. The Labute approximate surface area is 67.5 Å². The zero-order valence-electron chi connectivity index (χ0n) is 4.90. The van der Waals surface area contributed by atoms with Crippen LogP contribution in [-0.4, -0.2) is 30.3 Å². The molecule has 0 amide bonds. The fourth-order valence-electron chi connectivity index (χ4n) is 0.735. The van der Waals surface area contributed by atoms with Gasteiger partial charge in [-0.2, -0.15) is 0 Å². The molecular weight excluding hydrogens is 260 g/mol. The van der Waals surface area contributed by atoms with Gasteiger partial charge in [-0.15, -0.1) is 0 Å². The Morgan fingerprint density at radius 2 is 2.30 bits per heavy atom. The fourth-order valence-corrected chi connectivity index (χ4v) is 6.78. The number of hydrogen-bond donors (Lipinski definition) is 0. The average molecular weight is 263 g/mol. The van der Waals surface area contributed by atoms with E-state index in [1.165, 1.54) is 0 Å². The Bertz CT molecular complexity index is 403. The van der Waals surface area contributed by atoms with Gasteiger partial charge in [0.1, 0.15) is 0 Å². The van der Waals surface area contributed by atoms with Crippen molar-refractivity contribution < 1.29 is 0 Å². The maximum atomic E-state index is 11.1.